The maximum atomic E-state index is 11.8. The van der Waals surface area contributed by atoms with Crippen molar-refractivity contribution in [3.8, 4) is 0 Å². The Bertz CT molecular complexity index is 591. The molecule has 0 fully saturated rings. The van der Waals surface area contributed by atoms with Crippen molar-refractivity contribution in [3.05, 3.63) is 65.3 Å². The average molecular weight is 282 g/mol. The van der Waals surface area contributed by atoms with Crippen LogP contribution in [0, 0.1) is 5.92 Å². The van der Waals surface area contributed by atoms with E-state index in [0.29, 0.717) is 5.57 Å². The van der Waals surface area contributed by atoms with E-state index in [0.717, 1.165) is 36.0 Å². The highest BCUT2D eigenvalue weighted by molar-refractivity contribution is 6.01. The van der Waals surface area contributed by atoms with Gasteiger partial charge in [0, 0.05) is 5.92 Å². The molecule has 1 aromatic rings. The fraction of sp³-hybridized carbons (Fsp3) is 0.316. The van der Waals surface area contributed by atoms with E-state index in [2.05, 4.69) is 26.0 Å². The minimum absolute atomic E-state index is 0.0192. The summed E-state index contributed by atoms with van der Waals surface area (Å²) >= 11 is 0. The van der Waals surface area contributed by atoms with Gasteiger partial charge in [0.15, 0.2) is 0 Å². The van der Waals surface area contributed by atoms with Crippen molar-refractivity contribution < 1.29 is 9.90 Å². The van der Waals surface area contributed by atoms with E-state index in [4.69, 9.17) is 0 Å². The minimum atomic E-state index is -0.813. The highest BCUT2D eigenvalue weighted by Gasteiger charge is 2.27. The van der Waals surface area contributed by atoms with Crippen molar-refractivity contribution in [1.82, 2.24) is 0 Å². The molecule has 0 bridgehead atoms. The van der Waals surface area contributed by atoms with E-state index in [1.54, 1.807) is 0 Å². The SMILES string of the molecule is CCCC=C1C=CC(c2ccccc2)=C(C(=O)O)C1CC. The van der Waals surface area contributed by atoms with E-state index < -0.39 is 5.97 Å². The van der Waals surface area contributed by atoms with Gasteiger partial charge in [-0.2, -0.15) is 0 Å². The zero-order valence-corrected chi connectivity index (χ0v) is 12.7. The molecule has 1 aromatic carbocycles. The first-order chi connectivity index (χ1) is 10.2. The highest BCUT2D eigenvalue weighted by Crippen LogP contribution is 2.37. The minimum Gasteiger partial charge on any atom is -0.478 e. The Balaban J connectivity index is 2.52. The molecule has 21 heavy (non-hydrogen) atoms. The summed E-state index contributed by atoms with van der Waals surface area (Å²) in [7, 11) is 0. The maximum absolute atomic E-state index is 11.8. The number of hydrogen-bond donors (Lipinski definition) is 1. The largest absolute Gasteiger partial charge is 0.478 e. The quantitative estimate of drug-likeness (QED) is 0.838. The summed E-state index contributed by atoms with van der Waals surface area (Å²) in [6.45, 7) is 4.18. The van der Waals surface area contributed by atoms with Crippen molar-refractivity contribution in [1.29, 1.82) is 0 Å². The van der Waals surface area contributed by atoms with Crippen molar-refractivity contribution >= 4 is 11.5 Å². The molecule has 1 aliphatic rings. The van der Waals surface area contributed by atoms with E-state index in [1.165, 1.54) is 0 Å². The third-order valence-corrected chi connectivity index (χ3v) is 3.88. The second kappa shape index (κ2) is 7.07. The second-order valence-electron chi connectivity index (χ2n) is 5.29. The smallest absolute Gasteiger partial charge is 0.332 e. The molecule has 1 atom stereocenters. The van der Waals surface area contributed by atoms with Gasteiger partial charge >= 0.3 is 5.97 Å². The molecule has 1 N–H and O–H groups in total. The molecular weight excluding hydrogens is 260 g/mol. The molecular formula is C19H22O2. The number of carbonyl (C=O) groups is 1. The first kappa shape index (κ1) is 15.3. The Morgan fingerprint density at radius 2 is 1.90 bits per heavy atom. The molecule has 0 spiro atoms. The van der Waals surface area contributed by atoms with Gasteiger partial charge in [-0.05, 0) is 29.6 Å². The number of carboxylic acid groups (broad SMARTS) is 1. The number of hydrogen-bond acceptors (Lipinski definition) is 1. The van der Waals surface area contributed by atoms with E-state index in [1.807, 2.05) is 36.4 Å². The topological polar surface area (TPSA) is 37.3 Å². The standard InChI is InChI=1S/C19H22O2/c1-3-5-9-15-12-13-17(14-10-7-6-8-11-14)18(19(20)21)16(15)4-2/h6-13,16H,3-5H2,1-2H3,(H,20,21). The van der Waals surface area contributed by atoms with Gasteiger partial charge in [0.2, 0.25) is 0 Å². The Labute approximate surface area is 126 Å². The van der Waals surface area contributed by atoms with Gasteiger partial charge in [-0.3, -0.25) is 0 Å². The summed E-state index contributed by atoms with van der Waals surface area (Å²) < 4.78 is 0. The molecule has 0 amide bonds. The summed E-state index contributed by atoms with van der Waals surface area (Å²) in [6, 6.07) is 9.77. The summed E-state index contributed by atoms with van der Waals surface area (Å²) in [5.41, 5.74) is 3.47. The van der Waals surface area contributed by atoms with Crippen LogP contribution in [0.4, 0.5) is 0 Å². The van der Waals surface area contributed by atoms with Crippen LogP contribution < -0.4 is 0 Å². The predicted octanol–water partition coefficient (Wildman–Crippen LogP) is 4.85. The molecule has 0 saturated heterocycles. The van der Waals surface area contributed by atoms with E-state index >= 15 is 0 Å². The molecule has 110 valence electrons. The number of unbranched alkanes of at least 4 members (excludes halogenated alkanes) is 1. The third kappa shape index (κ3) is 3.33. The number of rotatable bonds is 5. The van der Waals surface area contributed by atoms with Gasteiger partial charge in [0.05, 0.1) is 5.57 Å². The number of aliphatic carboxylic acids is 1. The molecule has 0 radical (unpaired) electrons. The van der Waals surface area contributed by atoms with Gasteiger partial charge in [-0.15, -0.1) is 0 Å². The summed E-state index contributed by atoms with van der Waals surface area (Å²) in [6.07, 6.45) is 9.08. The molecule has 1 aliphatic carbocycles. The lowest BCUT2D eigenvalue weighted by Gasteiger charge is -2.24. The molecule has 0 aromatic heterocycles. The van der Waals surface area contributed by atoms with Gasteiger partial charge in [0.1, 0.15) is 0 Å². The number of benzene rings is 1. The summed E-state index contributed by atoms with van der Waals surface area (Å²) in [5, 5.41) is 9.70. The Kier molecular flexibility index (Phi) is 5.15. The molecule has 2 nitrogen and oxygen atoms in total. The summed E-state index contributed by atoms with van der Waals surface area (Å²) in [4.78, 5) is 11.8. The lowest BCUT2D eigenvalue weighted by atomic mass is 9.79. The predicted molar refractivity (Wildman–Crippen MR) is 86.9 cm³/mol. The second-order valence-corrected chi connectivity index (χ2v) is 5.29. The van der Waals surface area contributed by atoms with E-state index in [9.17, 15) is 9.90 Å². The van der Waals surface area contributed by atoms with Crippen LogP contribution in [0.5, 0.6) is 0 Å². The van der Waals surface area contributed by atoms with Crippen molar-refractivity contribution in [2.45, 2.75) is 33.1 Å². The lowest BCUT2D eigenvalue weighted by molar-refractivity contribution is -0.133. The summed E-state index contributed by atoms with van der Waals surface area (Å²) in [5.74, 6) is -0.832. The average Bonchev–Trinajstić information content (AvgIpc) is 2.52. The zero-order chi connectivity index (χ0) is 15.2. The van der Waals surface area contributed by atoms with Crippen molar-refractivity contribution in [3.63, 3.8) is 0 Å². The monoisotopic (exact) mass is 282 g/mol. The van der Waals surface area contributed by atoms with Crippen LogP contribution in [0.15, 0.2) is 59.7 Å². The molecule has 1 unspecified atom stereocenters. The fourth-order valence-corrected chi connectivity index (χ4v) is 2.83. The van der Waals surface area contributed by atoms with Crippen LogP contribution in [0.2, 0.25) is 0 Å². The molecule has 0 heterocycles. The van der Waals surface area contributed by atoms with Gasteiger partial charge < -0.3 is 5.11 Å². The van der Waals surface area contributed by atoms with Crippen LogP contribution in [0.1, 0.15) is 38.7 Å². The molecule has 2 heteroatoms. The van der Waals surface area contributed by atoms with E-state index in [-0.39, 0.29) is 5.92 Å². The van der Waals surface area contributed by atoms with Crippen LogP contribution in [0.3, 0.4) is 0 Å². The van der Waals surface area contributed by atoms with Gasteiger partial charge in [-0.1, -0.05) is 68.8 Å². The van der Waals surface area contributed by atoms with Crippen LogP contribution in [0.25, 0.3) is 5.57 Å². The van der Waals surface area contributed by atoms with Crippen LogP contribution in [-0.4, -0.2) is 11.1 Å². The van der Waals surface area contributed by atoms with Crippen molar-refractivity contribution in [2.75, 3.05) is 0 Å². The van der Waals surface area contributed by atoms with Gasteiger partial charge in [-0.25, -0.2) is 4.79 Å². The van der Waals surface area contributed by atoms with Crippen molar-refractivity contribution in [2.24, 2.45) is 5.92 Å². The lowest BCUT2D eigenvalue weighted by Crippen LogP contribution is -2.18. The number of allylic oxidation sites excluding steroid dienone is 5. The van der Waals surface area contributed by atoms with Gasteiger partial charge in [0.25, 0.3) is 0 Å². The highest BCUT2D eigenvalue weighted by atomic mass is 16.4. The first-order valence-electron chi connectivity index (χ1n) is 7.60. The maximum Gasteiger partial charge on any atom is 0.332 e. The number of carboxylic acids is 1. The Morgan fingerprint density at radius 1 is 1.19 bits per heavy atom. The first-order valence-corrected chi connectivity index (χ1v) is 7.60. The van der Waals surface area contributed by atoms with Crippen LogP contribution >= 0.6 is 0 Å². The zero-order valence-electron chi connectivity index (χ0n) is 12.7. The molecule has 2 rings (SSSR count). The molecule has 0 aliphatic heterocycles. The fourth-order valence-electron chi connectivity index (χ4n) is 2.83. The Hall–Kier alpha value is -2.09. The Morgan fingerprint density at radius 3 is 2.48 bits per heavy atom. The normalized spacial score (nSPS) is 20.1. The van der Waals surface area contributed by atoms with Crippen LogP contribution in [-0.2, 0) is 4.79 Å². The molecule has 0 saturated carbocycles. The third-order valence-electron chi connectivity index (χ3n) is 3.88.